The van der Waals surface area contributed by atoms with Crippen LogP contribution in [0.4, 0.5) is 0 Å². The second-order valence-electron chi connectivity index (χ2n) is 3.77. The van der Waals surface area contributed by atoms with E-state index in [4.69, 9.17) is 0 Å². The molecular weight excluding hydrogens is 228 g/mol. The molecule has 0 saturated heterocycles. The Kier molecular flexibility index (Phi) is 4.39. The van der Waals surface area contributed by atoms with E-state index >= 15 is 0 Å². The minimum Gasteiger partial charge on any atom is -0.298 e. The molecule has 0 radical (unpaired) electrons. The maximum atomic E-state index is 10.6. The van der Waals surface area contributed by atoms with Crippen molar-refractivity contribution in [1.29, 1.82) is 0 Å². The molecule has 0 aliphatic heterocycles. The highest BCUT2D eigenvalue weighted by Crippen LogP contribution is 2.19. The molecule has 0 saturated carbocycles. The first-order valence-electron chi connectivity index (χ1n) is 5.60. The van der Waals surface area contributed by atoms with E-state index in [-0.39, 0.29) is 0 Å². The topological polar surface area (TPSA) is 17.1 Å². The summed E-state index contributed by atoms with van der Waals surface area (Å²) in [7, 11) is 0. The Bertz CT molecular complexity index is 479. The summed E-state index contributed by atoms with van der Waals surface area (Å²) >= 11 is 1.79. The van der Waals surface area contributed by atoms with Gasteiger partial charge in [0.1, 0.15) is 6.29 Å². The van der Waals surface area contributed by atoms with Crippen molar-refractivity contribution < 1.29 is 4.79 Å². The van der Waals surface area contributed by atoms with Crippen LogP contribution in [0, 0.1) is 0 Å². The standard InChI is InChI=1S/C15H14OS/c16-12-14-7-4-8-15(11-14)17-10-9-13-5-2-1-3-6-13/h1-8,11-12H,9-10H2. The van der Waals surface area contributed by atoms with Crippen molar-refractivity contribution in [2.75, 3.05) is 5.75 Å². The number of thioether (sulfide) groups is 1. The van der Waals surface area contributed by atoms with E-state index < -0.39 is 0 Å². The van der Waals surface area contributed by atoms with Crippen LogP contribution in [0.25, 0.3) is 0 Å². The highest BCUT2D eigenvalue weighted by atomic mass is 32.2. The zero-order chi connectivity index (χ0) is 11.9. The third-order valence-corrected chi connectivity index (χ3v) is 3.49. The molecule has 0 heterocycles. The average Bonchev–Trinajstić information content (AvgIpc) is 2.40. The number of hydrogen-bond acceptors (Lipinski definition) is 2. The Morgan fingerprint density at radius 2 is 1.82 bits per heavy atom. The van der Waals surface area contributed by atoms with Crippen LogP contribution in [0.15, 0.2) is 59.5 Å². The molecule has 0 aromatic heterocycles. The highest BCUT2D eigenvalue weighted by molar-refractivity contribution is 7.99. The molecule has 0 aliphatic carbocycles. The lowest BCUT2D eigenvalue weighted by atomic mass is 10.2. The summed E-state index contributed by atoms with van der Waals surface area (Å²) < 4.78 is 0. The fourth-order valence-electron chi connectivity index (χ4n) is 1.61. The zero-order valence-corrected chi connectivity index (χ0v) is 10.3. The van der Waals surface area contributed by atoms with E-state index in [2.05, 4.69) is 24.3 Å². The molecule has 2 aromatic rings. The van der Waals surface area contributed by atoms with Gasteiger partial charge >= 0.3 is 0 Å². The maximum absolute atomic E-state index is 10.6. The van der Waals surface area contributed by atoms with E-state index in [1.165, 1.54) is 5.56 Å². The van der Waals surface area contributed by atoms with Crippen molar-refractivity contribution in [1.82, 2.24) is 0 Å². The number of carbonyl (C=O) groups is 1. The van der Waals surface area contributed by atoms with Crippen LogP contribution < -0.4 is 0 Å². The number of aldehydes is 1. The molecule has 0 unspecified atom stereocenters. The smallest absolute Gasteiger partial charge is 0.150 e. The molecule has 2 aromatic carbocycles. The van der Waals surface area contributed by atoms with E-state index in [9.17, 15) is 4.79 Å². The van der Waals surface area contributed by atoms with Crippen LogP contribution in [0.3, 0.4) is 0 Å². The van der Waals surface area contributed by atoms with Gasteiger partial charge in [0.25, 0.3) is 0 Å². The van der Waals surface area contributed by atoms with Gasteiger partial charge in [-0.1, -0.05) is 42.5 Å². The summed E-state index contributed by atoms with van der Waals surface area (Å²) in [5, 5.41) is 0. The van der Waals surface area contributed by atoms with Gasteiger partial charge in [-0.15, -0.1) is 11.8 Å². The number of hydrogen-bond donors (Lipinski definition) is 0. The van der Waals surface area contributed by atoms with Crippen LogP contribution >= 0.6 is 11.8 Å². The summed E-state index contributed by atoms with van der Waals surface area (Å²) in [5.41, 5.74) is 2.10. The van der Waals surface area contributed by atoms with E-state index in [0.717, 1.165) is 28.9 Å². The van der Waals surface area contributed by atoms with Crippen molar-refractivity contribution >= 4 is 18.0 Å². The van der Waals surface area contributed by atoms with Gasteiger partial charge < -0.3 is 0 Å². The molecule has 2 rings (SSSR count). The van der Waals surface area contributed by atoms with Crippen LogP contribution in [-0.2, 0) is 6.42 Å². The van der Waals surface area contributed by atoms with Gasteiger partial charge in [0.2, 0.25) is 0 Å². The molecule has 0 aliphatic rings. The first-order valence-corrected chi connectivity index (χ1v) is 6.59. The minimum atomic E-state index is 0.745. The van der Waals surface area contributed by atoms with Gasteiger partial charge in [0.05, 0.1) is 0 Å². The molecule has 17 heavy (non-hydrogen) atoms. The Morgan fingerprint density at radius 3 is 2.59 bits per heavy atom. The number of aryl methyl sites for hydroxylation is 1. The summed E-state index contributed by atoms with van der Waals surface area (Å²) in [5.74, 6) is 1.03. The predicted molar refractivity (Wildman–Crippen MR) is 72.7 cm³/mol. The normalized spacial score (nSPS) is 10.1. The first kappa shape index (κ1) is 11.9. The molecule has 86 valence electrons. The van der Waals surface area contributed by atoms with E-state index in [1.807, 2.05) is 30.3 Å². The monoisotopic (exact) mass is 242 g/mol. The third kappa shape index (κ3) is 3.75. The summed E-state index contributed by atoms with van der Waals surface area (Å²) in [6, 6.07) is 18.2. The van der Waals surface area contributed by atoms with Crippen LogP contribution in [0.2, 0.25) is 0 Å². The van der Waals surface area contributed by atoms with Gasteiger partial charge in [-0.05, 0) is 24.1 Å². The highest BCUT2D eigenvalue weighted by Gasteiger charge is 1.97. The van der Waals surface area contributed by atoms with Gasteiger partial charge in [-0.25, -0.2) is 0 Å². The minimum absolute atomic E-state index is 0.745. The van der Waals surface area contributed by atoms with Crippen LogP contribution in [0.5, 0.6) is 0 Å². The van der Waals surface area contributed by atoms with Crippen LogP contribution in [0.1, 0.15) is 15.9 Å². The zero-order valence-electron chi connectivity index (χ0n) is 9.50. The predicted octanol–water partition coefficient (Wildman–Crippen LogP) is 3.83. The Hall–Kier alpha value is -1.54. The maximum Gasteiger partial charge on any atom is 0.150 e. The fourth-order valence-corrected chi connectivity index (χ4v) is 2.58. The Morgan fingerprint density at radius 1 is 1.00 bits per heavy atom. The van der Waals surface area contributed by atoms with Gasteiger partial charge in [-0.2, -0.15) is 0 Å². The van der Waals surface area contributed by atoms with Gasteiger partial charge in [-0.3, -0.25) is 4.79 Å². The lowest BCUT2D eigenvalue weighted by molar-refractivity contribution is 0.112. The van der Waals surface area contributed by atoms with Crippen molar-refractivity contribution in [3.05, 3.63) is 65.7 Å². The number of rotatable bonds is 5. The summed E-state index contributed by atoms with van der Waals surface area (Å²) in [4.78, 5) is 11.8. The molecule has 0 fully saturated rings. The molecular formula is C15H14OS. The second kappa shape index (κ2) is 6.26. The second-order valence-corrected chi connectivity index (χ2v) is 4.94. The molecule has 1 nitrogen and oxygen atoms in total. The quantitative estimate of drug-likeness (QED) is 0.585. The van der Waals surface area contributed by atoms with Crippen molar-refractivity contribution in [2.45, 2.75) is 11.3 Å². The van der Waals surface area contributed by atoms with Crippen LogP contribution in [-0.4, -0.2) is 12.0 Å². The third-order valence-electron chi connectivity index (χ3n) is 2.50. The lowest BCUT2D eigenvalue weighted by Crippen LogP contribution is -1.88. The molecule has 0 bridgehead atoms. The van der Waals surface area contributed by atoms with Crippen molar-refractivity contribution in [2.24, 2.45) is 0 Å². The Labute approximate surface area is 106 Å². The summed E-state index contributed by atoms with van der Waals surface area (Å²) in [6.07, 6.45) is 1.94. The average molecular weight is 242 g/mol. The molecule has 0 amide bonds. The molecule has 0 N–H and O–H groups in total. The van der Waals surface area contributed by atoms with E-state index in [1.54, 1.807) is 11.8 Å². The lowest BCUT2D eigenvalue weighted by Gasteiger charge is -2.02. The van der Waals surface area contributed by atoms with E-state index in [0.29, 0.717) is 0 Å². The molecule has 2 heteroatoms. The van der Waals surface area contributed by atoms with Gasteiger partial charge in [0.15, 0.2) is 0 Å². The van der Waals surface area contributed by atoms with Crippen molar-refractivity contribution in [3.63, 3.8) is 0 Å². The Balaban J connectivity index is 1.88. The molecule has 0 spiro atoms. The number of carbonyl (C=O) groups excluding carboxylic acids is 1. The SMILES string of the molecule is O=Cc1cccc(SCCc2ccccc2)c1. The molecule has 0 atom stereocenters. The van der Waals surface area contributed by atoms with Gasteiger partial charge in [0, 0.05) is 16.2 Å². The number of benzene rings is 2. The first-order chi connectivity index (χ1) is 8.38. The summed E-state index contributed by atoms with van der Waals surface area (Å²) in [6.45, 7) is 0. The van der Waals surface area contributed by atoms with Crippen molar-refractivity contribution in [3.8, 4) is 0 Å². The fraction of sp³-hybridized carbons (Fsp3) is 0.133. The largest absolute Gasteiger partial charge is 0.298 e.